The molecule has 0 radical (unpaired) electrons. The Hall–Kier alpha value is -3.66. The molecule has 1 aliphatic heterocycles. The van der Waals surface area contributed by atoms with E-state index in [0.717, 1.165) is 0 Å². The first-order chi connectivity index (χ1) is 14.6. The van der Waals surface area contributed by atoms with Gasteiger partial charge in [-0.05, 0) is 61.0 Å². The summed E-state index contributed by atoms with van der Waals surface area (Å²) in [6, 6.07) is 12.5. The molecule has 0 unspecified atom stereocenters. The number of rotatable bonds is 6. The van der Waals surface area contributed by atoms with Gasteiger partial charge in [-0.3, -0.25) is 14.4 Å². The second kappa shape index (κ2) is 8.60. The lowest BCUT2D eigenvalue weighted by molar-refractivity contribution is -0.126. The van der Waals surface area contributed by atoms with E-state index in [1.165, 1.54) is 21.0 Å². The Bertz CT molecular complexity index is 1170. The second-order valence-electron chi connectivity index (χ2n) is 6.81. The summed E-state index contributed by atoms with van der Waals surface area (Å²) in [5.74, 6) is -1.11. The molecule has 3 amide bonds. The summed E-state index contributed by atoms with van der Waals surface area (Å²) in [4.78, 5) is 36.0. The quantitative estimate of drug-likeness (QED) is 0.706. The summed E-state index contributed by atoms with van der Waals surface area (Å²) < 4.78 is 31.6. The van der Waals surface area contributed by atoms with Crippen molar-refractivity contribution in [2.45, 2.75) is 13.8 Å². The Balaban J connectivity index is 1.75. The smallest absolute Gasteiger partial charge is 0.268 e. The highest BCUT2D eigenvalue weighted by molar-refractivity contribution is 7.99. The van der Waals surface area contributed by atoms with Gasteiger partial charge in [-0.15, -0.1) is 0 Å². The van der Waals surface area contributed by atoms with Crippen molar-refractivity contribution < 1.29 is 27.5 Å². The number of carbonyl (C=O) groups is 3. The molecule has 10 heteroatoms. The van der Waals surface area contributed by atoms with Crippen molar-refractivity contribution in [3.8, 4) is 5.75 Å². The lowest BCUT2D eigenvalue weighted by Gasteiger charge is -2.16. The van der Waals surface area contributed by atoms with Gasteiger partial charge in [-0.2, -0.15) is 0 Å². The average molecular weight is 443 g/mol. The molecule has 0 bridgehead atoms. The molecule has 2 N–H and O–H groups in total. The molecule has 0 saturated heterocycles. The monoisotopic (exact) mass is 443 g/mol. The van der Waals surface area contributed by atoms with Crippen LogP contribution in [-0.4, -0.2) is 44.1 Å². The Morgan fingerprint density at radius 1 is 0.968 bits per heavy atom. The van der Waals surface area contributed by atoms with E-state index in [2.05, 4.69) is 10.6 Å². The zero-order chi connectivity index (χ0) is 22.8. The van der Waals surface area contributed by atoms with Gasteiger partial charge in [0.15, 0.2) is 0 Å². The zero-order valence-corrected chi connectivity index (χ0v) is 17.9. The van der Waals surface area contributed by atoms with E-state index in [1.807, 2.05) is 0 Å². The first kappa shape index (κ1) is 22.0. The van der Waals surface area contributed by atoms with Gasteiger partial charge in [0, 0.05) is 23.9 Å². The maximum Gasteiger partial charge on any atom is 0.268 e. The van der Waals surface area contributed by atoms with Gasteiger partial charge in [-0.25, -0.2) is 12.7 Å². The molecule has 0 aromatic heterocycles. The molecule has 0 atom stereocenters. The number of sulfonamides is 1. The highest BCUT2D eigenvalue weighted by Crippen LogP contribution is 2.35. The van der Waals surface area contributed by atoms with Gasteiger partial charge in [0.1, 0.15) is 17.2 Å². The summed E-state index contributed by atoms with van der Waals surface area (Å²) >= 11 is 0. The SMILES string of the molecule is COc1ccc(C2=C(C)C(=O)N(CC(=O)Nc3ccc(NC(C)=O)cc3)S2(=O)=O)cc1. The minimum atomic E-state index is -4.19. The van der Waals surface area contributed by atoms with Gasteiger partial charge >= 0.3 is 0 Å². The second-order valence-corrected chi connectivity index (χ2v) is 8.61. The molecule has 0 fully saturated rings. The number of anilines is 2. The van der Waals surface area contributed by atoms with E-state index in [4.69, 9.17) is 4.74 Å². The van der Waals surface area contributed by atoms with Crippen molar-refractivity contribution >= 4 is 44.0 Å². The zero-order valence-electron chi connectivity index (χ0n) is 17.1. The predicted octanol–water partition coefficient (Wildman–Crippen LogP) is 2.20. The summed E-state index contributed by atoms with van der Waals surface area (Å²) in [5, 5.41) is 5.14. The number of nitrogens with zero attached hydrogens (tertiary/aromatic N) is 1. The fourth-order valence-electron chi connectivity index (χ4n) is 3.13. The fourth-order valence-corrected chi connectivity index (χ4v) is 4.90. The molecule has 2 aromatic rings. The Morgan fingerprint density at radius 2 is 1.52 bits per heavy atom. The number of carbonyl (C=O) groups excluding carboxylic acids is 3. The Morgan fingerprint density at radius 3 is 2.03 bits per heavy atom. The molecule has 162 valence electrons. The van der Waals surface area contributed by atoms with Crippen molar-refractivity contribution in [2.24, 2.45) is 0 Å². The molecule has 0 saturated carbocycles. The van der Waals surface area contributed by atoms with Crippen molar-refractivity contribution in [3.63, 3.8) is 0 Å². The van der Waals surface area contributed by atoms with Gasteiger partial charge in [0.2, 0.25) is 11.8 Å². The predicted molar refractivity (Wildman–Crippen MR) is 116 cm³/mol. The largest absolute Gasteiger partial charge is 0.497 e. The molecule has 1 heterocycles. The highest BCUT2D eigenvalue weighted by Gasteiger charge is 2.43. The normalized spacial score (nSPS) is 15.1. The third kappa shape index (κ3) is 4.58. The van der Waals surface area contributed by atoms with E-state index in [9.17, 15) is 22.8 Å². The van der Waals surface area contributed by atoms with Crippen LogP contribution in [-0.2, 0) is 24.4 Å². The van der Waals surface area contributed by atoms with Crippen molar-refractivity contribution in [1.82, 2.24) is 4.31 Å². The number of hydrogen-bond donors (Lipinski definition) is 2. The molecular formula is C21H21N3O6S. The van der Waals surface area contributed by atoms with Crippen molar-refractivity contribution in [2.75, 3.05) is 24.3 Å². The summed E-state index contributed by atoms with van der Waals surface area (Å²) in [7, 11) is -2.70. The number of amides is 3. The van der Waals surface area contributed by atoms with E-state index >= 15 is 0 Å². The van der Waals surface area contributed by atoms with Crippen LogP contribution >= 0.6 is 0 Å². The maximum absolute atomic E-state index is 13.0. The lowest BCUT2D eigenvalue weighted by atomic mass is 10.1. The summed E-state index contributed by atoms with van der Waals surface area (Å²) in [6.07, 6.45) is 0. The number of methoxy groups -OCH3 is 1. The molecule has 9 nitrogen and oxygen atoms in total. The van der Waals surface area contributed by atoms with E-state index in [-0.39, 0.29) is 16.4 Å². The standard InChI is InChI=1S/C21H21N3O6S/c1-13-20(15-4-10-18(30-3)11-5-15)31(28,29)24(21(13)27)12-19(26)23-17-8-6-16(7-9-17)22-14(2)25/h4-11H,12H2,1-3H3,(H,22,25)(H,23,26). The van der Waals surface area contributed by atoms with E-state index < -0.39 is 28.4 Å². The van der Waals surface area contributed by atoms with Gasteiger partial charge < -0.3 is 15.4 Å². The summed E-state index contributed by atoms with van der Waals surface area (Å²) in [5.41, 5.74) is 1.32. The number of hydrogen-bond acceptors (Lipinski definition) is 6. The number of nitrogens with one attached hydrogen (secondary N) is 2. The molecule has 3 rings (SSSR count). The van der Waals surface area contributed by atoms with Crippen molar-refractivity contribution in [1.29, 1.82) is 0 Å². The average Bonchev–Trinajstić information content (AvgIpc) is 2.88. The van der Waals surface area contributed by atoms with Crippen LogP contribution in [0.15, 0.2) is 54.1 Å². The van der Waals surface area contributed by atoms with Crippen LogP contribution in [0.4, 0.5) is 11.4 Å². The first-order valence-corrected chi connectivity index (χ1v) is 10.7. The minimum absolute atomic E-state index is 0.0395. The van der Waals surface area contributed by atoms with Crippen LogP contribution in [0.25, 0.3) is 4.91 Å². The Kier molecular flexibility index (Phi) is 6.11. The first-order valence-electron chi connectivity index (χ1n) is 9.23. The maximum atomic E-state index is 13.0. The molecule has 0 aliphatic carbocycles. The topological polar surface area (TPSA) is 122 Å². The third-order valence-electron chi connectivity index (χ3n) is 4.56. The molecule has 0 spiro atoms. The van der Waals surface area contributed by atoms with Crippen LogP contribution < -0.4 is 15.4 Å². The number of benzene rings is 2. The van der Waals surface area contributed by atoms with Crippen LogP contribution in [0.3, 0.4) is 0 Å². The van der Waals surface area contributed by atoms with Crippen LogP contribution in [0.1, 0.15) is 19.4 Å². The lowest BCUT2D eigenvalue weighted by Crippen LogP contribution is -2.38. The van der Waals surface area contributed by atoms with E-state index in [1.54, 1.807) is 48.5 Å². The summed E-state index contributed by atoms with van der Waals surface area (Å²) in [6.45, 7) is 2.13. The third-order valence-corrected chi connectivity index (χ3v) is 6.50. The Labute approximate surface area is 179 Å². The van der Waals surface area contributed by atoms with Crippen molar-refractivity contribution in [3.05, 3.63) is 59.7 Å². The van der Waals surface area contributed by atoms with Crippen LogP contribution in [0, 0.1) is 0 Å². The van der Waals surface area contributed by atoms with Gasteiger partial charge in [0.05, 0.1) is 7.11 Å². The minimum Gasteiger partial charge on any atom is -0.497 e. The van der Waals surface area contributed by atoms with E-state index in [0.29, 0.717) is 27.0 Å². The molecule has 1 aliphatic rings. The van der Waals surface area contributed by atoms with Crippen LogP contribution in [0.5, 0.6) is 5.75 Å². The number of ether oxygens (including phenoxy) is 1. The molecular weight excluding hydrogens is 422 g/mol. The van der Waals surface area contributed by atoms with Gasteiger partial charge in [-0.1, -0.05) is 0 Å². The molecule has 31 heavy (non-hydrogen) atoms. The van der Waals surface area contributed by atoms with Gasteiger partial charge in [0.25, 0.3) is 15.9 Å². The van der Waals surface area contributed by atoms with Crippen LogP contribution in [0.2, 0.25) is 0 Å². The fraction of sp³-hybridized carbons (Fsp3) is 0.190. The molecule has 2 aromatic carbocycles. The highest BCUT2D eigenvalue weighted by atomic mass is 32.2.